The van der Waals surface area contributed by atoms with E-state index in [-0.39, 0.29) is 27.9 Å². The van der Waals surface area contributed by atoms with Gasteiger partial charge in [0.15, 0.2) is 5.69 Å². The first-order valence-corrected chi connectivity index (χ1v) is 16.7. The zero-order chi connectivity index (χ0) is 30.5. The van der Waals surface area contributed by atoms with Gasteiger partial charge in [0.2, 0.25) is 0 Å². The van der Waals surface area contributed by atoms with E-state index in [4.69, 9.17) is 9.47 Å². The van der Waals surface area contributed by atoms with Crippen LogP contribution in [0.2, 0.25) is 0 Å². The molecule has 0 saturated heterocycles. The maximum absolute atomic E-state index is 6.66. The first kappa shape index (κ1) is 31.1. The molecule has 2 aromatic heterocycles. The topological polar surface area (TPSA) is 27.5 Å². The predicted octanol–water partition coefficient (Wildman–Crippen LogP) is 9.22. The number of nitrogens with zero attached hydrogens (tertiary/aromatic N) is 2. The molecule has 230 valence electrons. The fraction of sp³-hybridized carbons (Fsp3) is 0.658. The van der Waals surface area contributed by atoms with Crippen LogP contribution in [-0.4, -0.2) is 24.4 Å². The summed E-state index contributed by atoms with van der Waals surface area (Å²) in [5.74, 6) is 1.04. The number of unbranched alkanes of at least 4 members (excludes halogenated alkanes) is 2. The summed E-state index contributed by atoms with van der Waals surface area (Å²) in [6, 6.07) is 9.43. The molecule has 0 fully saturated rings. The van der Waals surface area contributed by atoms with E-state index >= 15 is 0 Å². The molecule has 0 saturated carbocycles. The lowest BCUT2D eigenvalue weighted by molar-refractivity contribution is -0.520. The Kier molecular flexibility index (Phi) is 8.37. The lowest BCUT2D eigenvalue weighted by atomic mass is 9.59. The highest BCUT2D eigenvalue weighted by molar-refractivity contribution is 5.97. The quantitative estimate of drug-likeness (QED) is 0.123. The number of ether oxygens (including phenoxy) is 2. The van der Waals surface area contributed by atoms with Crippen LogP contribution in [0, 0.1) is 10.8 Å². The van der Waals surface area contributed by atoms with Gasteiger partial charge in [-0.15, -0.1) is 0 Å². The third kappa shape index (κ3) is 4.90. The van der Waals surface area contributed by atoms with Crippen molar-refractivity contribution >= 4 is 16.4 Å². The van der Waals surface area contributed by atoms with Crippen LogP contribution in [-0.2, 0) is 33.3 Å². The molecule has 2 aliphatic rings. The molecule has 0 spiro atoms. The molecule has 2 aliphatic heterocycles. The molecular weight excluding hydrogens is 516 g/mol. The molecule has 0 radical (unpaired) electrons. The zero-order valence-corrected chi connectivity index (χ0v) is 28.3. The van der Waals surface area contributed by atoms with E-state index < -0.39 is 0 Å². The Labute approximate surface area is 255 Å². The number of allylic oxidation sites excluding steroid dienone is 1. The second-order valence-electron chi connectivity index (χ2n) is 15.4. The van der Waals surface area contributed by atoms with Gasteiger partial charge in [-0.05, 0) is 67.5 Å². The normalized spacial score (nSPS) is 23.0. The number of hydrogen-bond donors (Lipinski definition) is 0. The molecule has 4 nitrogen and oxygen atoms in total. The highest BCUT2D eigenvalue weighted by atomic mass is 16.5. The lowest BCUT2D eigenvalue weighted by Gasteiger charge is -2.47. The average Bonchev–Trinajstić information content (AvgIpc) is 3.45. The summed E-state index contributed by atoms with van der Waals surface area (Å²) < 4.78 is 17.9. The number of aryl methyl sites for hydroxylation is 1. The van der Waals surface area contributed by atoms with Gasteiger partial charge in [0.1, 0.15) is 11.2 Å². The number of pyridine rings is 1. The van der Waals surface area contributed by atoms with Gasteiger partial charge in [-0.2, -0.15) is 4.40 Å². The largest absolute Gasteiger partial charge is 0.498 e. The van der Waals surface area contributed by atoms with E-state index in [1.807, 2.05) is 7.11 Å². The number of rotatable bonds is 12. The van der Waals surface area contributed by atoms with Gasteiger partial charge in [-0.3, -0.25) is 0 Å². The minimum atomic E-state index is -0.0751. The van der Waals surface area contributed by atoms with Crippen molar-refractivity contribution in [2.45, 2.75) is 137 Å². The van der Waals surface area contributed by atoms with Gasteiger partial charge in [-0.1, -0.05) is 86.4 Å². The van der Waals surface area contributed by atoms with Crippen LogP contribution in [0.5, 0.6) is 0 Å². The SMILES string of the molecule is CCCCCc1c2n3c4c5c(cccc5cc[n+]14)C(CC)(CCCOC(=CC(OC)C(C)(C)C)C(C)(C)C)C3(C)CC2. The van der Waals surface area contributed by atoms with E-state index in [0.717, 1.165) is 31.6 Å². The van der Waals surface area contributed by atoms with Crippen molar-refractivity contribution in [3.05, 3.63) is 59.2 Å². The van der Waals surface area contributed by atoms with Gasteiger partial charge in [0.25, 0.3) is 5.65 Å². The first-order chi connectivity index (χ1) is 19.8. The van der Waals surface area contributed by atoms with Gasteiger partial charge in [0, 0.05) is 30.8 Å². The fourth-order valence-electron chi connectivity index (χ4n) is 8.38. The van der Waals surface area contributed by atoms with Crippen LogP contribution in [0.1, 0.15) is 124 Å². The molecule has 0 bridgehead atoms. The molecule has 0 aliphatic carbocycles. The summed E-state index contributed by atoms with van der Waals surface area (Å²) in [5.41, 5.74) is 6.21. The van der Waals surface area contributed by atoms with Crippen molar-refractivity contribution in [2.24, 2.45) is 10.8 Å². The summed E-state index contributed by atoms with van der Waals surface area (Å²) >= 11 is 0. The van der Waals surface area contributed by atoms with Crippen LogP contribution >= 0.6 is 0 Å². The third-order valence-corrected chi connectivity index (χ3v) is 10.7. The number of aromatic nitrogens is 2. The second-order valence-corrected chi connectivity index (χ2v) is 15.4. The number of methoxy groups -OCH3 is 1. The molecule has 5 rings (SSSR count). The first-order valence-electron chi connectivity index (χ1n) is 16.7. The Morgan fingerprint density at radius 3 is 2.48 bits per heavy atom. The van der Waals surface area contributed by atoms with Crippen LogP contribution < -0.4 is 4.40 Å². The predicted molar refractivity (Wildman–Crippen MR) is 175 cm³/mol. The van der Waals surface area contributed by atoms with Crippen LogP contribution in [0.3, 0.4) is 0 Å². The van der Waals surface area contributed by atoms with Crippen LogP contribution in [0.4, 0.5) is 0 Å². The Bertz CT molecular complexity index is 1470. The molecule has 4 heterocycles. The summed E-state index contributed by atoms with van der Waals surface area (Å²) in [6.07, 6.45) is 15.3. The molecule has 3 unspecified atom stereocenters. The Morgan fingerprint density at radius 1 is 1.07 bits per heavy atom. The van der Waals surface area contributed by atoms with Crippen molar-refractivity contribution in [3.8, 4) is 0 Å². The van der Waals surface area contributed by atoms with Crippen LogP contribution in [0.15, 0.2) is 42.3 Å². The van der Waals surface area contributed by atoms with Crippen molar-refractivity contribution < 1.29 is 13.9 Å². The number of hydrogen-bond acceptors (Lipinski definition) is 2. The summed E-state index contributed by atoms with van der Waals surface area (Å²) in [5, 5.41) is 2.86. The van der Waals surface area contributed by atoms with Crippen molar-refractivity contribution in [3.63, 3.8) is 0 Å². The molecular formula is C38H57N2O2+. The molecule has 0 amide bonds. The highest BCUT2D eigenvalue weighted by Crippen LogP contribution is 2.58. The zero-order valence-electron chi connectivity index (χ0n) is 28.3. The van der Waals surface area contributed by atoms with Crippen molar-refractivity contribution in [1.29, 1.82) is 0 Å². The average molecular weight is 574 g/mol. The molecule has 3 atom stereocenters. The summed E-state index contributed by atoms with van der Waals surface area (Å²) in [4.78, 5) is 0. The third-order valence-electron chi connectivity index (χ3n) is 10.7. The van der Waals surface area contributed by atoms with Crippen molar-refractivity contribution in [1.82, 2.24) is 4.57 Å². The monoisotopic (exact) mass is 573 g/mol. The van der Waals surface area contributed by atoms with E-state index in [9.17, 15) is 0 Å². The molecule has 42 heavy (non-hydrogen) atoms. The van der Waals surface area contributed by atoms with Gasteiger partial charge < -0.3 is 9.47 Å². The molecule has 4 heteroatoms. The molecule has 1 aromatic carbocycles. The number of imidazole rings is 1. The minimum Gasteiger partial charge on any atom is -0.498 e. The smallest absolute Gasteiger partial charge is 0.295 e. The number of benzene rings is 1. The van der Waals surface area contributed by atoms with Gasteiger partial charge in [-0.25, -0.2) is 4.57 Å². The standard InChI is InChI=1S/C38H57N2O2/c1-11-13-14-19-29-30-20-23-37(9)38(12-2,28-18-15-17-27-21-24-39(29)34(33(27)28)40(30)37)22-16-25-42-32(36(6,7)8)26-31(41-10)35(3,4)5/h15,17-18,21,24,26,31H,11-14,16,19-20,22-23,25H2,1-10H3/q+1. The summed E-state index contributed by atoms with van der Waals surface area (Å²) in [7, 11) is 1.81. The van der Waals surface area contributed by atoms with E-state index in [0.29, 0.717) is 0 Å². The lowest BCUT2D eigenvalue weighted by Crippen LogP contribution is -2.52. The Hall–Kier alpha value is -2.33. The maximum Gasteiger partial charge on any atom is 0.295 e. The van der Waals surface area contributed by atoms with Gasteiger partial charge >= 0.3 is 0 Å². The van der Waals surface area contributed by atoms with E-state index in [2.05, 4.69) is 108 Å². The molecule has 3 aromatic rings. The summed E-state index contributed by atoms with van der Waals surface area (Å²) in [6.45, 7) is 21.5. The minimum absolute atomic E-state index is 0.0113. The Morgan fingerprint density at radius 2 is 1.83 bits per heavy atom. The molecule has 0 N–H and O–H groups in total. The Balaban J connectivity index is 1.51. The van der Waals surface area contributed by atoms with E-state index in [1.54, 1.807) is 17.0 Å². The van der Waals surface area contributed by atoms with Gasteiger partial charge in [0.05, 0.1) is 30.1 Å². The van der Waals surface area contributed by atoms with Crippen LogP contribution in [0.25, 0.3) is 16.4 Å². The van der Waals surface area contributed by atoms with Crippen molar-refractivity contribution in [2.75, 3.05) is 13.7 Å². The second kappa shape index (κ2) is 11.3. The fourth-order valence-corrected chi connectivity index (χ4v) is 8.38. The van der Waals surface area contributed by atoms with E-state index in [1.165, 1.54) is 54.9 Å². The highest BCUT2D eigenvalue weighted by Gasteiger charge is 2.60. The maximum atomic E-state index is 6.66.